The zero-order valence-corrected chi connectivity index (χ0v) is 25.9. The molecule has 5 amide bonds. The van der Waals surface area contributed by atoms with Crippen LogP contribution in [0.15, 0.2) is 0 Å². The molecule has 0 aromatic rings. The molecule has 0 aliphatic heterocycles. The van der Waals surface area contributed by atoms with E-state index in [0.717, 1.165) is 0 Å². The number of carbonyl (C=O) groups excluding carboxylic acids is 5. The fraction of sp³-hybridized carbons (Fsp3) is 0.741. The van der Waals surface area contributed by atoms with Gasteiger partial charge in [-0.05, 0) is 57.5 Å². The van der Waals surface area contributed by atoms with Crippen LogP contribution in [0, 0.1) is 5.92 Å². The van der Waals surface area contributed by atoms with Crippen molar-refractivity contribution in [3.8, 4) is 0 Å². The Balaban J connectivity index is 5.55. The van der Waals surface area contributed by atoms with Crippen LogP contribution in [-0.4, -0.2) is 113 Å². The standard InChI is InChI=1S/C27H50N8O10/c1-15(2)11-18(24(41)31-13-21(37)32-19(27(44)45)12-22(38)39)34-25(42)17(8-4-6-10-29)33-26(43)20(14-36)35-23(40)16(30)7-3-5-9-28/h15-20,36H,3-14,28-30H2,1-2H3,(H,31,41)(H,32,37)(H,33,43)(H,34,42)(H,35,40)(H,38,39)(H,44,45)/t16-,17-,18-,19-,20-/m0/s1. The Morgan fingerprint density at radius 1 is 0.667 bits per heavy atom. The highest BCUT2D eigenvalue weighted by Crippen LogP contribution is 2.08. The predicted molar refractivity (Wildman–Crippen MR) is 161 cm³/mol. The van der Waals surface area contributed by atoms with Crippen molar-refractivity contribution in [1.29, 1.82) is 0 Å². The molecule has 18 nitrogen and oxygen atoms in total. The Morgan fingerprint density at radius 2 is 1.20 bits per heavy atom. The monoisotopic (exact) mass is 646 g/mol. The number of carbonyl (C=O) groups is 7. The van der Waals surface area contributed by atoms with Gasteiger partial charge in [0.1, 0.15) is 24.2 Å². The number of rotatable bonds is 24. The lowest BCUT2D eigenvalue weighted by Crippen LogP contribution is -2.59. The summed E-state index contributed by atoms with van der Waals surface area (Å²) in [7, 11) is 0. The van der Waals surface area contributed by atoms with Crippen LogP contribution >= 0.6 is 0 Å². The zero-order chi connectivity index (χ0) is 34.5. The average Bonchev–Trinajstić information content (AvgIpc) is 2.96. The Kier molecular flexibility index (Phi) is 20.7. The van der Waals surface area contributed by atoms with Gasteiger partial charge in [0.15, 0.2) is 0 Å². The second kappa shape index (κ2) is 22.6. The Labute approximate surface area is 262 Å². The number of nitrogens with one attached hydrogen (secondary N) is 5. The van der Waals surface area contributed by atoms with Crippen molar-refractivity contribution in [3.05, 3.63) is 0 Å². The number of aliphatic hydroxyl groups excluding tert-OH is 1. The van der Waals surface area contributed by atoms with E-state index in [4.69, 9.17) is 27.4 Å². The minimum absolute atomic E-state index is 0.109. The van der Waals surface area contributed by atoms with Crippen LogP contribution in [-0.2, 0) is 33.6 Å². The topological polar surface area (TPSA) is 318 Å². The molecular formula is C27H50N8O10. The van der Waals surface area contributed by atoms with Crippen molar-refractivity contribution in [1.82, 2.24) is 26.6 Å². The summed E-state index contributed by atoms with van der Waals surface area (Å²) in [6.45, 7) is 2.82. The van der Waals surface area contributed by atoms with Crippen molar-refractivity contribution in [2.24, 2.45) is 23.1 Å². The fourth-order valence-corrected chi connectivity index (χ4v) is 4.03. The molecule has 0 aromatic heterocycles. The number of carboxylic acid groups (broad SMARTS) is 2. The van der Waals surface area contributed by atoms with Crippen molar-refractivity contribution in [2.75, 3.05) is 26.2 Å². The van der Waals surface area contributed by atoms with E-state index in [1.54, 1.807) is 13.8 Å². The van der Waals surface area contributed by atoms with E-state index >= 15 is 0 Å². The third-order valence-electron chi connectivity index (χ3n) is 6.48. The van der Waals surface area contributed by atoms with Crippen LogP contribution < -0.4 is 43.8 Å². The van der Waals surface area contributed by atoms with Gasteiger partial charge < -0.3 is 59.1 Å². The number of carboxylic acids is 2. The quantitative estimate of drug-likeness (QED) is 0.0449. The first-order chi connectivity index (χ1) is 21.2. The van der Waals surface area contributed by atoms with Gasteiger partial charge in [0.2, 0.25) is 29.5 Å². The summed E-state index contributed by atoms with van der Waals surface area (Å²) in [5.41, 5.74) is 16.9. The third kappa shape index (κ3) is 17.9. The van der Waals surface area contributed by atoms with Crippen LogP contribution in [0.25, 0.3) is 0 Å². The summed E-state index contributed by atoms with van der Waals surface area (Å²) in [6.07, 6.45) is 1.85. The molecule has 0 radical (unpaired) electrons. The molecule has 45 heavy (non-hydrogen) atoms. The maximum Gasteiger partial charge on any atom is 0.326 e. The lowest BCUT2D eigenvalue weighted by Gasteiger charge is -2.26. The van der Waals surface area contributed by atoms with Gasteiger partial charge in [-0.2, -0.15) is 0 Å². The number of aliphatic hydroxyl groups is 1. The lowest BCUT2D eigenvalue weighted by atomic mass is 10.0. The van der Waals surface area contributed by atoms with E-state index in [9.17, 15) is 38.7 Å². The Bertz CT molecular complexity index is 997. The number of hydrogen-bond acceptors (Lipinski definition) is 11. The smallest absolute Gasteiger partial charge is 0.326 e. The number of amides is 5. The van der Waals surface area contributed by atoms with Gasteiger partial charge in [0.05, 0.1) is 25.6 Å². The van der Waals surface area contributed by atoms with Crippen LogP contribution in [0.4, 0.5) is 0 Å². The van der Waals surface area contributed by atoms with Crippen molar-refractivity contribution < 1.29 is 48.9 Å². The summed E-state index contributed by atoms with van der Waals surface area (Å²) >= 11 is 0. The molecule has 0 rings (SSSR count). The molecule has 18 heteroatoms. The molecule has 0 aliphatic carbocycles. The van der Waals surface area contributed by atoms with Gasteiger partial charge in [-0.1, -0.05) is 20.3 Å². The summed E-state index contributed by atoms with van der Waals surface area (Å²) in [6, 6.07) is -6.42. The van der Waals surface area contributed by atoms with Gasteiger partial charge in [-0.3, -0.25) is 28.8 Å². The van der Waals surface area contributed by atoms with E-state index in [1.807, 2.05) is 5.32 Å². The first-order valence-corrected chi connectivity index (χ1v) is 14.9. The van der Waals surface area contributed by atoms with Gasteiger partial charge >= 0.3 is 11.9 Å². The molecule has 0 aliphatic rings. The number of hydrogen-bond donors (Lipinski definition) is 11. The number of nitrogens with two attached hydrogens (primary N) is 3. The van der Waals surface area contributed by atoms with E-state index < -0.39 is 91.3 Å². The molecule has 0 saturated carbocycles. The van der Waals surface area contributed by atoms with Crippen molar-refractivity contribution in [3.63, 3.8) is 0 Å². The molecular weight excluding hydrogens is 596 g/mol. The SMILES string of the molecule is CC(C)C[C@H](NC(=O)[C@H](CCCCN)NC(=O)[C@H](CO)NC(=O)[C@@H](N)CCCCN)C(=O)NCC(=O)N[C@@H](CC(=O)O)C(=O)O. The summed E-state index contributed by atoms with van der Waals surface area (Å²) < 4.78 is 0. The first-order valence-electron chi connectivity index (χ1n) is 14.9. The van der Waals surface area contributed by atoms with Crippen molar-refractivity contribution in [2.45, 2.75) is 95.4 Å². The maximum atomic E-state index is 13.3. The molecule has 0 heterocycles. The zero-order valence-electron chi connectivity index (χ0n) is 25.9. The Morgan fingerprint density at radius 3 is 1.71 bits per heavy atom. The van der Waals surface area contributed by atoms with Crippen LogP contribution in [0.1, 0.15) is 65.2 Å². The van der Waals surface area contributed by atoms with E-state index in [0.29, 0.717) is 45.2 Å². The first kappa shape index (κ1) is 41.1. The highest BCUT2D eigenvalue weighted by atomic mass is 16.4. The van der Waals surface area contributed by atoms with Crippen LogP contribution in [0.2, 0.25) is 0 Å². The van der Waals surface area contributed by atoms with Crippen LogP contribution in [0.3, 0.4) is 0 Å². The van der Waals surface area contributed by atoms with E-state index in [-0.39, 0.29) is 18.8 Å². The van der Waals surface area contributed by atoms with E-state index in [1.165, 1.54) is 0 Å². The summed E-state index contributed by atoms with van der Waals surface area (Å²) in [5.74, 6) is -7.16. The molecule has 0 spiro atoms. The highest BCUT2D eigenvalue weighted by molar-refractivity contribution is 5.95. The minimum Gasteiger partial charge on any atom is -0.481 e. The number of aliphatic carboxylic acids is 2. The van der Waals surface area contributed by atoms with Gasteiger partial charge in [0.25, 0.3) is 0 Å². The molecule has 258 valence electrons. The van der Waals surface area contributed by atoms with E-state index in [2.05, 4.69) is 21.3 Å². The van der Waals surface area contributed by atoms with Gasteiger partial charge in [-0.25, -0.2) is 4.79 Å². The third-order valence-corrected chi connectivity index (χ3v) is 6.48. The second-order valence-electron chi connectivity index (χ2n) is 10.9. The number of unbranched alkanes of at least 4 members (excludes halogenated alkanes) is 2. The predicted octanol–water partition coefficient (Wildman–Crippen LogP) is -3.78. The van der Waals surface area contributed by atoms with Gasteiger partial charge in [0, 0.05) is 0 Å². The molecule has 14 N–H and O–H groups in total. The van der Waals surface area contributed by atoms with Crippen LogP contribution in [0.5, 0.6) is 0 Å². The molecule has 0 aromatic carbocycles. The van der Waals surface area contributed by atoms with Gasteiger partial charge in [-0.15, -0.1) is 0 Å². The molecule has 0 unspecified atom stereocenters. The average molecular weight is 647 g/mol. The Hall–Kier alpha value is -3.87. The fourth-order valence-electron chi connectivity index (χ4n) is 4.03. The second-order valence-corrected chi connectivity index (χ2v) is 10.9. The highest BCUT2D eigenvalue weighted by Gasteiger charge is 2.31. The molecule has 5 atom stereocenters. The molecule has 0 bridgehead atoms. The minimum atomic E-state index is -1.71. The van der Waals surface area contributed by atoms with Crippen molar-refractivity contribution >= 4 is 41.5 Å². The molecule has 0 saturated heterocycles. The normalized spacial score (nSPS) is 14.3. The maximum absolute atomic E-state index is 13.3. The summed E-state index contributed by atoms with van der Waals surface area (Å²) in [4.78, 5) is 85.8. The lowest BCUT2D eigenvalue weighted by molar-refractivity contribution is -0.147. The summed E-state index contributed by atoms with van der Waals surface area (Å²) in [5, 5.41) is 39.4. The largest absolute Gasteiger partial charge is 0.481 e. The molecule has 0 fully saturated rings.